The van der Waals surface area contributed by atoms with E-state index < -0.39 is 24.3 Å². The number of carbonyl (C=O) groups is 3. The van der Waals surface area contributed by atoms with Crippen LogP contribution in [0.1, 0.15) is 20.7 Å². The minimum atomic E-state index is -0.809. The van der Waals surface area contributed by atoms with Crippen molar-refractivity contribution in [2.45, 2.75) is 0 Å². The monoisotopic (exact) mass is 703 g/mol. The van der Waals surface area contributed by atoms with E-state index in [2.05, 4.69) is 5.32 Å². The van der Waals surface area contributed by atoms with Crippen molar-refractivity contribution >= 4 is 91.2 Å². The number of nitrogens with two attached hydrogens (primary N) is 1. The van der Waals surface area contributed by atoms with Gasteiger partial charge in [0, 0.05) is 16.7 Å². The molecular formula is C14H16I3N3O6. The van der Waals surface area contributed by atoms with Crippen molar-refractivity contribution in [1.29, 1.82) is 0 Å². The molecule has 1 aromatic carbocycles. The van der Waals surface area contributed by atoms with Crippen LogP contribution in [0.25, 0.3) is 0 Å². The van der Waals surface area contributed by atoms with Crippen LogP contribution in [0.2, 0.25) is 0 Å². The largest absolute Gasteiger partial charge is 0.395 e. The Balaban J connectivity index is 3.78. The molecule has 0 bridgehead atoms. The highest BCUT2D eigenvalue weighted by Crippen LogP contribution is 2.37. The number of rotatable bonds is 8. The van der Waals surface area contributed by atoms with E-state index in [0.29, 0.717) is 10.7 Å². The van der Waals surface area contributed by atoms with Crippen LogP contribution in [0.5, 0.6) is 0 Å². The van der Waals surface area contributed by atoms with Crippen LogP contribution in [0.4, 0.5) is 5.69 Å². The van der Waals surface area contributed by atoms with E-state index in [1.807, 2.05) is 67.8 Å². The van der Waals surface area contributed by atoms with Crippen molar-refractivity contribution in [2.24, 2.45) is 5.73 Å². The van der Waals surface area contributed by atoms with E-state index in [9.17, 15) is 24.6 Å². The first-order valence-corrected chi connectivity index (χ1v) is 10.4. The van der Waals surface area contributed by atoms with Crippen molar-refractivity contribution < 1.29 is 29.7 Å². The molecule has 6 N–H and O–H groups in total. The van der Waals surface area contributed by atoms with Gasteiger partial charge in [0.25, 0.3) is 17.7 Å². The fraction of sp³-hybridized carbons (Fsp3) is 0.357. The maximum Gasteiger partial charge on any atom is 0.253 e. The molecule has 0 fully saturated rings. The number of nitrogens with zero attached hydrogens (tertiary/aromatic N) is 1. The van der Waals surface area contributed by atoms with E-state index in [4.69, 9.17) is 10.8 Å². The average molecular weight is 703 g/mol. The van der Waals surface area contributed by atoms with Crippen molar-refractivity contribution in [2.75, 3.05) is 37.8 Å². The molecule has 12 heteroatoms. The summed E-state index contributed by atoms with van der Waals surface area (Å²) in [5, 5.41) is 29.9. The molecule has 0 saturated carbocycles. The summed E-state index contributed by atoms with van der Waals surface area (Å²) in [6, 6.07) is 0. The molecule has 144 valence electrons. The lowest BCUT2D eigenvalue weighted by Gasteiger charge is -2.26. The molecule has 0 radical (unpaired) electrons. The van der Waals surface area contributed by atoms with Crippen molar-refractivity contribution in [3.05, 3.63) is 21.8 Å². The van der Waals surface area contributed by atoms with E-state index in [1.54, 1.807) is 0 Å². The molecule has 3 amide bonds. The Morgan fingerprint density at radius 1 is 0.962 bits per heavy atom. The van der Waals surface area contributed by atoms with Gasteiger partial charge >= 0.3 is 0 Å². The highest BCUT2D eigenvalue weighted by atomic mass is 127. The van der Waals surface area contributed by atoms with Gasteiger partial charge in [-0.1, -0.05) is 0 Å². The van der Waals surface area contributed by atoms with Gasteiger partial charge in [0.2, 0.25) is 0 Å². The molecule has 1 aromatic rings. The molecular weight excluding hydrogens is 687 g/mol. The average Bonchev–Trinajstić information content (AvgIpc) is 2.57. The van der Waals surface area contributed by atoms with Gasteiger partial charge in [0.1, 0.15) is 6.61 Å². The third-order valence-corrected chi connectivity index (χ3v) is 6.37. The van der Waals surface area contributed by atoms with Gasteiger partial charge in [-0.05, 0) is 67.8 Å². The molecule has 0 heterocycles. The number of halogens is 3. The lowest BCUT2D eigenvalue weighted by Crippen LogP contribution is -2.38. The van der Waals surface area contributed by atoms with Crippen LogP contribution in [0.3, 0.4) is 0 Å². The number of anilines is 1. The van der Waals surface area contributed by atoms with Crippen LogP contribution < -0.4 is 16.0 Å². The van der Waals surface area contributed by atoms with Gasteiger partial charge in [0.05, 0.1) is 37.2 Å². The molecule has 0 aliphatic heterocycles. The van der Waals surface area contributed by atoms with Gasteiger partial charge in [0.15, 0.2) is 0 Å². The molecule has 1 rings (SSSR count). The van der Waals surface area contributed by atoms with Gasteiger partial charge in [-0.15, -0.1) is 0 Å². The zero-order valence-corrected chi connectivity index (χ0v) is 19.7. The standard InChI is InChI=1S/C14H16I3N3O6/c15-9-7(13(18)25)10(16)12(20(2-4-22)6(24)5-23)11(17)8(9)14(26)19-1-3-21/h21-23H,1-5H2,(H2,18,25)(H,19,26). The third kappa shape index (κ3) is 5.15. The second-order valence-electron chi connectivity index (χ2n) is 4.81. The summed E-state index contributed by atoms with van der Waals surface area (Å²) in [6.07, 6.45) is 0. The predicted octanol–water partition coefficient (Wildman–Crippen LogP) is -0.361. The molecule has 0 spiro atoms. The zero-order valence-electron chi connectivity index (χ0n) is 13.3. The number of carbonyl (C=O) groups excluding carboxylic acids is 3. The van der Waals surface area contributed by atoms with E-state index in [-0.39, 0.29) is 43.1 Å². The van der Waals surface area contributed by atoms with E-state index >= 15 is 0 Å². The maximum atomic E-state index is 12.5. The summed E-state index contributed by atoms with van der Waals surface area (Å²) in [4.78, 5) is 37.7. The highest BCUT2D eigenvalue weighted by molar-refractivity contribution is 14.1. The summed E-state index contributed by atoms with van der Waals surface area (Å²) >= 11 is 5.53. The van der Waals surface area contributed by atoms with Crippen LogP contribution in [0, 0.1) is 10.7 Å². The maximum absolute atomic E-state index is 12.5. The fourth-order valence-corrected chi connectivity index (χ4v) is 6.88. The Morgan fingerprint density at radius 2 is 1.54 bits per heavy atom. The summed E-state index contributed by atoms with van der Waals surface area (Å²) in [5.41, 5.74) is 5.85. The quantitative estimate of drug-likeness (QED) is 0.234. The topological polar surface area (TPSA) is 153 Å². The summed E-state index contributed by atoms with van der Waals surface area (Å²) in [7, 11) is 0. The molecule has 0 aliphatic carbocycles. The van der Waals surface area contributed by atoms with E-state index in [0.717, 1.165) is 4.90 Å². The Hall–Kier alpha value is -0.300. The number of hydrogen-bond acceptors (Lipinski definition) is 6. The van der Waals surface area contributed by atoms with Crippen molar-refractivity contribution in [1.82, 2.24) is 5.32 Å². The minimum Gasteiger partial charge on any atom is -0.395 e. The molecule has 0 aromatic heterocycles. The lowest BCUT2D eigenvalue weighted by molar-refractivity contribution is -0.121. The zero-order chi connectivity index (χ0) is 20.0. The molecule has 0 saturated heterocycles. The predicted molar refractivity (Wildman–Crippen MR) is 119 cm³/mol. The second kappa shape index (κ2) is 10.9. The van der Waals surface area contributed by atoms with Gasteiger partial charge in [-0.3, -0.25) is 14.4 Å². The Labute approximate surface area is 190 Å². The number of amides is 3. The lowest BCUT2D eigenvalue weighted by atomic mass is 10.1. The molecule has 0 unspecified atom stereocenters. The summed E-state index contributed by atoms with van der Waals surface area (Å²) in [6.45, 7) is -1.59. The number of benzene rings is 1. The fourth-order valence-electron chi connectivity index (χ4n) is 2.11. The van der Waals surface area contributed by atoms with Crippen LogP contribution in [-0.4, -0.2) is 66.0 Å². The number of primary amides is 1. The molecule has 0 atom stereocenters. The van der Waals surface area contributed by atoms with Crippen LogP contribution >= 0.6 is 67.8 Å². The first kappa shape index (κ1) is 23.7. The first-order valence-electron chi connectivity index (χ1n) is 7.14. The van der Waals surface area contributed by atoms with Crippen LogP contribution in [0.15, 0.2) is 0 Å². The van der Waals surface area contributed by atoms with E-state index in [1.165, 1.54) is 0 Å². The van der Waals surface area contributed by atoms with Gasteiger partial charge < -0.3 is 31.3 Å². The number of nitrogens with one attached hydrogen (secondary N) is 1. The molecule has 26 heavy (non-hydrogen) atoms. The third-order valence-electron chi connectivity index (χ3n) is 3.19. The number of aliphatic hydroxyl groups excluding tert-OH is 3. The Morgan fingerprint density at radius 3 is 2.00 bits per heavy atom. The van der Waals surface area contributed by atoms with Crippen LogP contribution in [-0.2, 0) is 4.79 Å². The Kier molecular flexibility index (Phi) is 9.94. The SMILES string of the molecule is NC(=O)c1c(I)c(C(=O)NCCO)c(I)c(N(CCO)C(=O)CO)c1I. The smallest absolute Gasteiger partial charge is 0.253 e. The van der Waals surface area contributed by atoms with Crippen molar-refractivity contribution in [3.8, 4) is 0 Å². The molecule has 9 nitrogen and oxygen atoms in total. The van der Waals surface area contributed by atoms with Crippen molar-refractivity contribution in [3.63, 3.8) is 0 Å². The number of hydrogen-bond donors (Lipinski definition) is 5. The summed E-state index contributed by atoms with van der Waals surface area (Å²) < 4.78 is 0.994. The normalized spacial score (nSPS) is 10.5. The first-order chi connectivity index (χ1) is 12.2. The summed E-state index contributed by atoms with van der Waals surface area (Å²) in [5.74, 6) is -2.03. The highest BCUT2D eigenvalue weighted by Gasteiger charge is 2.30. The molecule has 0 aliphatic rings. The second-order valence-corrected chi connectivity index (χ2v) is 8.05. The van der Waals surface area contributed by atoms with Gasteiger partial charge in [-0.25, -0.2) is 0 Å². The number of aliphatic hydroxyl groups is 3. The van der Waals surface area contributed by atoms with Gasteiger partial charge in [-0.2, -0.15) is 0 Å². The Bertz CT molecular complexity index is 729. The minimum absolute atomic E-state index is 0.00808.